The first kappa shape index (κ1) is 26.8. The summed E-state index contributed by atoms with van der Waals surface area (Å²) in [5, 5.41) is 0. The van der Waals surface area contributed by atoms with Crippen LogP contribution in [-0.4, -0.2) is 38.4 Å². The second-order valence-electron chi connectivity index (χ2n) is 9.41. The van der Waals surface area contributed by atoms with Crippen molar-refractivity contribution in [2.45, 2.75) is 64.3 Å². The number of esters is 1. The monoisotopic (exact) mass is 480 g/mol. The molecule has 1 unspecified atom stereocenters. The summed E-state index contributed by atoms with van der Waals surface area (Å²) in [5.41, 5.74) is 16.4. The van der Waals surface area contributed by atoms with Gasteiger partial charge in [0.25, 0.3) is 0 Å². The molecular weight excluding hydrogens is 440 g/mol. The van der Waals surface area contributed by atoms with Crippen LogP contribution >= 0.6 is 0 Å². The fourth-order valence-corrected chi connectivity index (χ4v) is 4.23. The van der Waals surface area contributed by atoms with Crippen LogP contribution in [0.2, 0.25) is 0 Å². The summed E-state index contributed by atoms with van der Waals surface area (Å²) in [7, 11) is 1.73. The molecule has 0 saturated heterocycles. The summed E-state index contributed by atoms with van der Waals surface area (Å²) in [6, 6.07) is 12.8. The molecule has 3 rings (SSSR count). The highest BCUT2D eigenvalue weighted by molar-refractivity contribution is 5.87. The van der Waals surface area contributed by atoms with Crippen LogP contribution in [0.25, 0.3) is 11.6 Å². The molecule has 0 saturated carbocycles. The maximum atomic E-state index is 11.9. The molecule has 0 aliphatic heterocycles. The Balaban J connectivity index is 1.63. The van der Waals surface area contributed by atoms with Gasteiger partial charge in [-0.15, -0.1) is 0 Å². The van der Waals surface area contributed by atoms with Gasteiger partial charge in [0.2, 0.25) is 0 Å². The van der Waals surface area contributed by atoms with Crippen molar-refractivity contribution in [1.29, 1.82) is 0 Å². The summed E-state index contributed by atoms with van der Waals surface area (Å²) in [6.45, 7) is 4.78. The van der Waals surface area contributed by atoms with Gasteiger partial charge >= 0.3 is 5.97 Å². The van der Waals surface area contributed by atoms with E-state index in [1.54, 1.807) is 14.0 Å². The van der Waals surface area contributed by atoms with Crippen LogP contribution in [0.5, 0.6) is 11.5 Å². The minimum atomic E-state index is -1.12. The molecule has 0 spiro atoms. The van der Waals surface area contributed by atoms with Crippen LogP contribution < -0.4 is 20.9 Å². The van der Waals surface area contributed by atoms with E-state index in [9.17, 15) is 4.79 Å². The van der Waals surface area contributed by atoms with E-state index in [2.05, 4.69) is 49.4 Å². The van der Waals surface area contributed by atoms with Crippen molar-refractivity contribution >= 4 is 17.6 Å². The number of benzene rings is 2. The third-order valence-electron chi connectivity index (χ3n) is 6.56. The first-order valence-corrected chi connectivity index (χ1v) is 12.7. The SMILES string of the molecule is CCc1ccc(OC)c(C2=Cc3c(cccc3OCCCCCOC(=O)C(C)(N)CN)CCC2)c1. The maximum absolute atomic E-state index is 11.9. The molecule has 0 radical (unpaired) electrons. The quantitative estimate of drug-likeness (QED) is 0.331. The van der Waals surface area contributed by atoms with E-state index in [1.807, 2.05) is 0 Å². The van der Waals surface area contributed by atoms with Gasteiger partial charge in [-0.2, -0.15) is 0 Å². The van der Waals surface area contributed by atoms with Crippen LogP contribution in [0, 0.1) is 0 Å². The van der Waals surface area contributed by atoms with Gasteiger partial charge in [0.1, 0.15) is 17.0 Å². The van der Waals surface area contributed by atoms with Gasteiger partial charge in [-0.3, -0.25) is 4.79 Å². The van der Waals surface area contributed by atoms with Gasteiger partial charge in [0, 0.05) is 17.7 Å². The first-order chi connectivity index (χ1) is 16.9. The fourth-order valence-electron chi connectivity index (χ4n) is 4.23. The van der Waals surface area contributed by atoms with E-state index in [0.717, 1.165) is 56.4 Å². The zero-order valence-electron chi connectivity index (χ0n) is 21.4. The van der Waals surface area contributed by atoms with Gasteiger partial charge in [-0.05, 0) is 92.8 Å². The normalized spacial score (nSPS) is 14.8. The van der Waals surface area contributed by atoms with E-state index >= 15 is 0 Å². The number of carbonyl (C=O) groups excluding carboxylic acids is 1. The van der Waals surface area contributed by atoms with E-state index in [1.165, 1.54) is 27.8 Å². The summed E-state index contributed by atoms with van der Waals surface area (Å²) in [6.07, 6.45) is 8.93. The maximum Gasteiger partial charge on any atom is 0.327 e. The molecule has 190 valence electrons. The summed E-state index contributed by atoms with van der Waals surface area (Å²) < 4.78 is 17.2. The highest BCUT2D eigenvalue weighted by Gasteiger charge is 2.28. The molecule has 0 fully saturated rings. The minimum Gasteiger partial charge on any atom is -0.496 e. The molecule has 0 amide bonds. The molecule has 2 aromatic rings. The van der Waals surface area contributed by atoms with Crippen molar-refractivity contribution in [3.8, 4) is 11.5 Å². The number of rotatable bonds is 12. The Morgan fingerprint density at radius 1 is 1.06 bits per heavy atom. The molecule has 1 aliphatic carbocycles. The number of hydrogen-bond donors (Lipinski definition) is 2. The Labute approximate surface area is 209 Å². The average molecular weight is 481 g/mol. The van der Waals surface area contributed by atoms with Gasteiger partial charge in [-0.25, -0.2) is 0 Å². The van der Waals surface area contributed by atoms with Crippen molar-refractivity contribution in [3.63, 3.8) is 0 Å². The zero-order chi connectivity index (χ0) is 25.3. The zero-order valence-corrected chi connectivity index (χ0v) is 21.4. The van der Waals surface area contributed by atoms with E-state index in [4.69, 9.17) is 25.7 Å². The second kappa shape index (κ2) is 12.8. The molecule has 6 nitrogen and oxygen atoms in total. The van der Waals surface area contributed by atoms with Crippen molar-refractivity contribution < 1.29 is 19.0 Å². The Kier molecular flexibility index (Phi) is 9.75. The largest absolute Gasteiger partial charge is 0.496 e. The lowest BCUT2D eigenvalue weighted by atomic mass is 9.96. The van der Waals surface area contributed by atoms with E-state index in [-0.39, 0.29) is 6.54 Å². The van der Waals surface area contributed by atoms with E-state index in [0.29, 0.717) is 13.2 Å². The number of methoxy groups -OCH3 is 1. The lowest BCUT2D eigenvalue weighted by Crippen LogP contribution is -2.52. The molecule has 0 aromatic heterocycles. The average Bonchev–Trinajstić information content (AvgIpc) is 3.10. The molecule has 0 heterocycles. The van der Waals surface area contributed by atoms with Gasteiger partial charge in [0.15, 0.2) is 0 Å². The van der Waals surface area contributed by atoms with E-state index < -0.39 is 11.5 Å². The third kappa shape index (κ3) is 7.09. The van der Waals surface area contributed by atoms with Crippen molar-refractivity contribution in [3.05, 3.63) is 58.7 Å². The number of nitrogens with two attached hydrogens (primary N) is 2. The number of hydrogen-bond acceptors (Lipinski definition) is 6. The lowest BCUT2D eigenvalue weighted by molar-refractivity contribution is -0.149. The second-order valence-corrected chi connectivity index (χ2v) is 9.41. The van der Waals surface area contributed by atoms with Crippen molar-refractivity contribution in [2.24, 2.45) is 11.5 Å². The van der Waals surface area contributed by atoms with Crippen LogP contribution in [-0.2, 0) is 22.4 Å². The molecule has 6 heteroatoms. The molecule has 1 aliphatic rings. The van der Waals surface area contributed by atoms with Gasteiger partial charge < -0.3 is 25.7 Å². The number of ether oxygens (including phenoxy) is 3. The molecule has 4 N–H and O–H groups in total. The molecule has 35 heavy (non-hydrogen) atoms. The molecular formula is C29H40N2O4. The number of carbonyl (C=O) groups is 1. The minimum absolute atomic E-state index is 0.0635. The summed E-state index contributed by atoms with van der Waals surface area (Å²) in [4.78, 5) is 11.9. The Bertz CT molecular complexity index is 1030. The van der Waals surface area contributed by atoms with Gasteiger partial charge in [-0.1, -0.05) is 25.1 Å². The fraction of sp³-hybridized carbons (Fsp3) is 0.483. The summed E-state index contributed by atoms with van der Waals surface area (Å²) >= 11 is 0. The topological polar surface area (TPSA) is 96.8 Å². The van der Waals surface area contributed by atoms with Crippen molar-refractivity contribution in [1.82, 2.24) is 0 Å². The van der Waals surface area contributed by atoms with Crippen LogP contribution in [0.1, 0.15) is 68.2 Å². The Morgan fingerprint density at radius 2 is 1.86 bits per heavy atom. The summed E-state index contributed by atoms with van der Waals surface area (Å²) in [5.74, 6) is 1.38. The number of allylic oxidation sites excluding steroid dienone is 1. The smallest absolute Gasteiger partial charge is 0.327 e. The van der Waals surface area contributed by atoms with Crippen molar-refractivity contribution in [2.75, 3.05) is 26.9 Å². The van der Waals surface area contributed by atoms with Crippen LogP contribution in [0.4, 0.5) is 0 Å². The molecule has 1 atom stereocenters. The number of fused-ring (bicyclic) bond motifs is 1. The lowest BCUT2D eigenvalue weighted by Gasteiger charge is -2.20. The Morgan fingerprint density at radius 3 is 2.60 bits per heavy atom. The van der Waals surface area contributed by atoms with Crippen LogP contribution in [0.3, 0.4) is 0 Å². The first-order valence-electron chi connectivity index (χ1n) is 12.7. The molecule has 2 aromatic carbocycles. The highest BCUT2D eigenvalue weighted by atomic mass is 16.5. The predicted molar refractivity (Wildman–Crippen MR) is 142 cm³/mol. The standard InChI is InChI=1S/C29H40N2O4/c1-4-21-14-15-26(33-3)24(18-21)23-12-8-10-22-11-9-13-27(25(22)19-23)34-16-6-5-7-17-35-28(32)29(2,31)20-30/h9,11,13-15,18-19H,4-8,10,12,16-17,20,30-31H2,1-3H3. The molecule has 0 bridgehead atoms. The third-order valence-corrected chi connectivity index (χ3v) is 6.56. The van der Waals surface area contributed by atoms with Crippen LogP contribution in [0.15, 0.2) is 36.4 Å². The Hall–Kier alpha value is -2.83. The predicted octanol–water partition coefficient (Wildman–Crippen LogP) is 4.90. The number of aryl methyl sites for hydroxylation is 2. The van der Waals surface area contributed by atoms with Gasteiger partial charge in [0.05, 0.1) is 20.3 Å². The number of unbranched alkanes of at least 4 members (excludes halogenated alkanes) is 2. The highest BCUT2D eigenvalue weighted by Crippen LogP contribution is 2.37.